The predicted octanol–water partition coefficient (Wildman–Crippen LogP) is 3.35. The zero-order chi connectivity index (χ0) is 21.5. The van der Waals surface area contributed by atoms with E-state index in [0.29, 0.717) is 24.9 Å². The van der Waals surface area contributed by atoms with Crippen molar-refractivity contribution in [3.8, 4) is 0 Å². The lowest BCUT2D eigenvalue weighted by molar-refractivity contribution is -0.135. The second kappa shape index (κ2) is 9.80. The summed E-state index contributed by atoms with van der Waals surface area (Å²) in [6, 6.07) is 16.2. The number of aromatic nitrogens is 2. The molecule has 31 heavy (non-hydrogen) atoms. The third-order valence-electron chi connectivity index (χ3n) is 5.37. The predicted molar refractivity (Wildman–Crippen MR) is 118 cm³/mol. The molecule has 3 heterocycles. The van der Waals surface area contributed by atoms with E-state index in [0.717, 1.165) is 11.1 Å². The summed E-state index contributed by atoms with van der Waals surface area (Å²) in [5.74, 6) is -0.424. The van der Waals surface area contributed by atoms with Crippen LogP contribution in [0.25, 0.3) is 0 Å². The summed E-state index contributed by atoms with van der Waals surface area (Å²) in [6.07, 6.45) is 11.8. The van der Waals surface area contributed by atoms with Gasteiger partial charge in [0.1, 0.15) is 6.04 Å². The molecule has 2 atom stereocenters. The highest BCUT2D eigenvalue weighted by Gasteiger charge is 2.32. The van der Waals surface area contributed by atoms with Crippen LogP contribution in [0.4, 0.5) is 0 Å². The Kier molecular flexibility index (Phi) is 6.47. The Balaban J connectivity index is 1.60. The number of carbonyl (C=O) groups is 2. The molecule has 1 aromatic carbocycles. The van der Waals surface area contributed by atoms with E-state index in [2.05, 4.69) is 21.4 Å². The van der Waals surface area contributed by atoms with Crippen LogP contribution in [0.5, 0.6) is 0 Å². The molecule has 3 aromatic rings. The highest BCUT2D eigenvalue weighted by Crippen LogP contribution is 2.28. The second-order valence-corrected chi connectivity index (χ2v) is 7.46. The lowest BCUT2D eigenvalue weighted by atomic mass is 9.97. The first-order valence-electron chi connectivity index (χ1n) is 10.3. The van der Waals surface area contributed by atoms with Gasteiger partial charge < -0.3 is 10.2 Å². The Labute approximate surface area is 181 Å². The number of amides is 2. The zero-order valence-corrected chi connectivity index (χ0v) is 17.1. The second-order valence-electron chi connectivity index (χ2n) is 7.46. The lowest BCUT2D eigenvalue weighted by Crippen LogP contribution is -2.51. The van der Waals surface area contributed by atoms with E-state index < -0.39 is 6.04 Å². The number of nitrogens with zero attached hydrogens (tertiary/aromatic N) is 3. The summed E-state index contributed by atoms with van der Waals surface area (Å²) in [7, 11) is 0. The molecule has 4 rings (SSSR count). The molecule has 0 saturated heterocycles. The summed E-state index contributed by atoms with van der Waals surface area (Å²) in [4.78, 5) is 36.6. The lowest BCUT2D eigenvalue weighted by Gasteiger charge is -2.36. The van der Waals surface area contributed by atoms with Crippen LogP contribution in [0, 0.1) is 0 Å². The average Bonchev–Trinajstić information content (AvgIpc) is 2.85. The maximum atomic E-state index is 13.7. The van der Waals surface area contributed by atoms with Gasteiger partial charge in [-0.25, -0.2) is 0 Å². The highest BCUT2D eigenvalue weighted by molar-refractivity contribution is 5.97. The summed E-state index contributed by atoms with van der Waals surface area (Å²) >= 11 is 0. The Morgan fingerprint density at radius 1 is 0.968 bits per heavy atom. The molecule has 156 valence electrons. The summed E-state index contributed by atoms with van der Waals surface area (Å²) in [6.45, 7) is 0.493. The van der Waals surface area contributed by atoms with Gasteiger partial charge in [-0.1, -0.05) is 48.6 Å². The van der Waals surface area contributed by atoms with Crippen LogP contribution in [-0.4, -0.2) is 39.3 Å². The van der Waals surface area contributed by atoms with Crippen molar-refractivity contribution in [3.05, 3.63) is 108 Å². The molecule has 0 fully saturated rings. The fourth-order valence-electron chi connectivity index (χ4n) is 3.79. The third kappa shape index (κ3) is 5.04. The van der Waals surface area contributed by atoms with Crippen molar-refractivity contribution in [3.63, 3.8) is 0 Å². The van der Waals surface area contributed by atoms with Gasteiger partial charge in [0.15, 0.2) is 0 Å². The first-order valence-corrected chi connectivity index (χ1v) is 10.3. The molecule has 2 aromatic heterocycles. The Bertz CT molecular complexity index is 1040. The number of nitrogens with one attached hydrogen (secondary N) is 1. The molecule has 6 heteroatoms. The number of pyridine rings is 2. The fourth-order valence-corrected chi connectivity index (χ4v) is 3.79. The average molecular weight is 412 g/mol. The van der Waals surface area contributed by atoms with Crippen molar-refractivity contribution in [2.45, 2.75) is 24.9 Å². The molecular formula is C25H24N4O2. The van der Waals surface area contributed by atoms with Gasteiger partial charge in [-0.2, -0.15) is 0 Å². The number of hydrogen-bond acceptors (Lipinski definition) is 4. The molecule has 1 aliphatic heterocycles. The molecule has 1 N–H and O–H groups in total. The minimum atomic E-state index is -0.694. The summed E-state index contributed by atoms with van der Waals surface area (Å²) < 4.78 is 0. The van der Waals surface area contributed by atoms with Crippen molar-refractivity contribution in [2.24, 2.45) is 0 Å². The van der Waals surface area contributed by atoms with Gasteiger partial charge in [-0.3, -0.25) is 19.6 Å². The van der Waals surface area contributed by atoms with E-state index in [9.17, 15) is 9.59 Å². The Morgan fingerprint density at radius 3 is 2.45 bits per heavy atom. The number of carbonyl (C=O) groups excluding carboxylic acids is 2. The number of hydrogen-bond donors (Lipinski definition) is 1. The fraction of sp³-hybridized carbons (Fsp3) is 0.200. The van der Waals surface area contributed by atoms with E-state index in [-0.39, 0.29) is 17.9 Å². The van der Waals surface area contributed by atoms with Crippen molar-refractivity contribution in [1.29, 1.82) is 0 Å². The van der Waals surface area contributed by atoms with E-state index in [1.807, 2.05) is 53.4 Å². The van der Waals surface area contributed by atoms with Crippen molar-refractivity contribution in [1.82, 2.24) is 20.2 Å². The van der Waals surface area contributed by atoms with E-state index >= 15 is 0 Å². The molecule has 0 radical (unpaired) electrons. The van der Waals surface area contributed by atoms with Crippen molar-refractivity contribution in [2.75, 3.05) is 6.54 Å². The molecule has 2 amide bonds. The van der Waals surface area contributed by atoms with Crippen LogP contribution in [0.2, 0.25) is 0 Å². The van der Waals surface area contributed by atoms with Crippen LogP contribution in [0.15, 0.2) is 91.5 Å². The van der Waals surface area contributed by atoms with Crippen LogP contribution >= 0.6 is 0 Å². The van der Waals surface area contributed by atoms with Crippen LogP contribution < -0.4 is 5.32 Å². The van der Waals surface area contributed by atoms with Gasteiger partial charge in [-0.05, 0) is 35.7 Å². The van der Waals surface area contributed by atoms with E-state index in [1.165, 1.54) is 6.20 Å². The minimum Gasteiger partial charge on any atom is -0.340 e. The maximum absolute atomic E-state index is 13.7. The molecule has 1 aliphatic rings. The largest absolute Gasteiger partial charge is 0.340 e. The normalized spacial score (nSPS) is 16.5. The molecule has 0 aliphatic carbocycles. The monoisotopic (exact) mass is 412 g/mol. The highest BCUT2D eigenvalue weighted by atomic mass is 16.2. The van der Waals surface area contributed by atoms with Crippen molar-refractivity contribution < 1.29 is 9.59 Å². The van der Waals surface area contributed by atoms with Crippen LogP contribution in [-0.2, 0) is 11.2 Å². The molecule has 0 bridgehead atoms. The summed E-state index contributed by atoms with van der Waals surface area (Å²) in [5, 5.41) is 2.94. The molecule has 0 spiro atoms. The maximum Gasteiger partial charge on any atom is 0.253 e. The van der Waals surface area contributed by atoms with Gasteiger partial charge in [-0.15, -0.1) is 0 Å². The van der Waals surface area contributed by atoms with E-state index in [1.54, 1.807) is 30.7 Å². The SMILES string of the molecule is O=C(N[C@@H](Cc1ccccc1)C(=O)N1CC=CCC1c1cccnc1)c1cccnc1. The third-order valence-corrected chi connectivity index (χ3v) is 5.37. The molecule has 6 nitrogen and oxygen atoms in total. The van der Waals surface area contributed by atoms with E-state index in [4.69, 9.17) is 0 Å². The zero-order valence-electron chi connectivity index (χ0n) is 17.1. The number of benzene rings is 1. The number of rotatable bonds is 6. The first-order chi connectivity index (χ1) is 15.2. The quantitative estimate of drug-likeness (QED) is 0.630. The Hall–Kier alpha value is -3.80. The van der Waals surface area contributed by atoms with Gasteiger partial charge in [0.2, 0.25) is 5.91 Å². The standard InChI is InChI=1S/C25H24N4O2/c30-24(21-11-7-14-27-18-21)28-22(16-19-8-2-1-3-9-19)25(31)29-15-5-4-12-23(29)20-10-6-13-26-17-20/h1-11,13-14,17-18,22-23H,12,15-16H2,(H,28,30)/t22-,23?/m0/s1. The van der Waals surface area contributed by atoms with Gasteiger partial charge in [0.05, 0.1) is 11.6 Å². The molecular weight excluding hydrogens is 388 g/mol. The Morgan fingerprint density at radius 2 is 1.74 bits per heavy atom. The topological polar surface area (TPSA) is 75.2 Å². The van der Waals surface area contributed by atoms with Gasteiger partial charge >= 0.3 is 0 Å². The molecule has 0 saturated carbocycles. The van der Waals surface area contributed by atoms with Gasteiger partial charge in [0, 0.05) is 37.8 Å². The summed E-state index contributed by atoms with van der Waals surface area (Å²) in [5.41, 5.74) is 2.39. The van der Waals surface area contributed by atoms with Crippen molar-refractivity contribution >= 4 is 11.8 Å². The van der Waals surface area contributed by atoms with Crippen LogP contribution in [0.1, 0.15) is 33.9 Å². The van der Waals surface area contributed by atoms with Crippen LogP contribution in [0.3, 0.4) is 0 Å². The minimum absolute atomic E-state index is 0.111. The smallest absolute Gasteiger partial charge is 0.253 e. The van der Waals surface area contributed by atoms with Gasteiger partial charge in [0.25, 0.3) is 5.91 Å². The molecule has 1 unspecified atom stereocenters. The first kappa shape index (κ1) is 20.5.